The van der Waals surface area contributed by atoms with Crippen molar-refractivity contribution < 1.29 is 9.53 Å². The van der Waals surface area contributed by atoms with E-state index in [1.54, 1.807) is 18.5 Å². The molecule has 0 radical (unpaired) electrons. The summed E-state index contributed by atoms with van der Waals surface area (Å²) in [5, 5.41) is 3.01. The van der Waals surface area contributed by atoms with Gasteiger partial charge in [-0.2, -0.15) is 0 Å². The minimum absolute atomic E-state index is 0.0236. The molecule has 0 aliphatic carbocycles. The highest BCUT2D eigenvalue weighted by Crippen LogP contribution is 2.12. The number of rotatable bonds is 3. The van der Waals surface area contributed by atoms with Crippen LogP contribution in [-0.2, 0) is 4.74 Å². The third-order valence-electron chi connectivity index (χ3n) is 3.97. The monoisotopic (exact) mass is 291 g/mol. The predicted molar refractivity (Wildman–Crippen MR) is 78.1 cm³/mol. The van der Waals surface area contributed by atoms with Gasteiger partial charge in [-0.1, -0.05) is 0 Å². The van der Waals surface area contributed by atoms with Gasteiger partial charge in [0.15, 0.2) is 0 Å². The number of nitrogens with one attached hydrogen (secondary N) is 1. The largest absolute Gasteiger partial charge is 0.381 e. The normalized spacial score (nSPS) is 22.4. The molecule has 7 heteroatoms. The van der Waals surface area contributed by atoms with Gasteiger partial charge in [-0.15, -0.1) is 0 Å². The molecule has 21 heavy (non-hydrogen) atoms. The Bertz CT molecular complexity index is 456. The topological polar surface area (TPSA) is 70.6 Å². The zero-order chi connectivity index (χ0) is 14.5. The fraction of sp³-hybridized carbons (Fsp3) is 0.643. The third kappa shape index (κ3) is 3.60. The standard InChI is InChI=1S/C14H21N5O2/c20-14(17-10-12-2-9-21-11-12)19-7-5-18(6-8-19)13-15-3-1-4-16-13/h1,3-4,12H,2,5-11H2,(H,17,20)/t12-/m0/s1. The van der Waals surface area contributed by atoms with E-state index in [4.69, 9.17) is 4.74 Å². The van der Waals surface area contributed by atoms with Crippen LogP contribution in [0, 0.1) is 5.92 Å². The molecule has 0 aromatic carbocycles. The molecular weight excluding hydrogens is 270 g/mol. The summed E-state index contributed by atoms with van der Waals surface area (Å²) in [6.45, 7) is 5.22. The van der Waals surface area contributed by atoms with E-state index in [1.165, 1.54) is 0 Å². The Morgan fingerprint density at radius 1 is 1.29 bits per heavy atom. The molecule has 1 aromatic rings. The summed E-state index contributed by atoms with van der Waals surface area (Å²) in [7, 11) is 0. The molecule has 3 rings (SSSR count). The first kappa shape index (κ1) is 14.1. The van der Waals surface area contributed by atoms with E-state index in [9.17, 15) is 4.79 Å². The number of hydrogen-bond donors (Lipinski definition) is 1. The summed E-state index contributed by atoms with van der Waals surface area (Å²) >= 11 is 0. The number of piperazine rings is 1. The lowest BCUT2D eigenvalue weighted by Gasteiger charge is -2.34. The second kappa shape index (κ2) is 6.71. The van der Waals surface area contributed by atoms with E-state index in [2.05, 4.69) is 20.2 Å². The molecule has 0 saturated carbocycles. The Balaban J connectivity index is 1.43. The molecular formula is C14H21N5O2. The maximum Gasteiger partial charge on any atom is 0.317 e. The maximum atomic E-state index is 12.1. The van der Waals surface area contributed by atoms with Crippen LogP contribution >= 0.6 is 0 Å². The van der Waals surface area contributed by atoms with Crippen LogP contribution in [0.4, 0.5) is 10.7 Å². The van der Waals surface area contributed by atoms with Crippen LogP contribution in [0.3, 0.4) is 0 Å². The van der Waals surface area contributed by atoms with Crippen molar-refractivity contribution in [3.05, 3.63) is 18.5 Å². The van der Waals surface area contributed by atoms with Gasteiger partial charge in [0.1, 0.15) is 0 Å². The summed E-state index contributed by atoms with van der Waals surface area (Å²) < 4.78 is 5.31. The first-order valence-corrected chi connectivity index (χ1v) is 7.45. The molecule has 1 N–H and O–H groups in total. The number of ether oxygens (including phenoxy) is 1. The van der Waals surface area contributed by atoms with Crippen LogP contribution in [0.15, 0.2) is 18.5 Å². The van der Waals surface area contributed by atoms with Crippen LogP contribution in [0.1, 0.15) is 6.42 Å². The molecule has 3 heterocycles. The molecule has 2 fully saturated rings. The average molecular weight is 291 g/mol. The molecule has 114 valence electrons. The van der Waals surface area contributed by atoms with Crippen LogP contribution in [0.5, 0.6) is 0 Å². The minimum atomic E-state index is 0.0236. The fourth-order valence-corrected chi connectivity index (χ4v) is 2.65. The Kier molecular flexibility index (Phi) is 4.49. The number of carbonyl (C=O) groups is 1. The highest BCUT2D eigenvalue weighted by atomic mass is 16.5. The molecule has 0 spiro atoms. The number of aromatic nitrogens is 2. The Morgan fingerprint density at radius 2 is 2.05 bits per heavy atom. The van der Waals surface area contributed by atoms with Crippen molar-refractivity contribution >= 4 is 12.0 Å². The average Bonchev–Trinajstić information content (AvgIpc) is 3.07. The van der Waals surface area contributed by atoms with Crippen LogP contribution < -0.4 is 10.2 Å². The number of anilines is 1. The number of hydrogen-bond acceptors (Lipinski definition) is 5. The molecule has 2 amide bonds. The number of amides is 2. The van der Waals surface area contributed by atoms with Gasteiger partial charge >= 0.3 is 6.03 Å². The summed E-state index contributed by atoms with van der Waals surface area (Å²) in [5.74, 6) is 1.20. The Morgan fingerprint density at radius 3 is 2.71 bits per heavy atom. The van der Waals surface area contributed by atoms with E-state index in [0.29, 0.717) is 25.6 Å². The molecule has 1 atom stereocenters. The Hall–Kier alpha value is -1.89. The molecule has 1 aromatic heterocycles. The SMILES string of the molecule is O=C(NC[C@@H]1CCOC1)N1CCN(c2ncccn2)CC1. The van der Waals surface area contributed by atoms with Crippen molar-refractivity contribution in [1.82, 2.24) is 20.2 Å². The molecule has 2 aliphatic rings. The van der Waals surface area contributed by atoms with Gasteiger partial charge in [-0.25, -0.2) is 14.8 Å². The van der Waals surface area contributed by atoms with Gasteiger partial charge in [0.25, 0.3) is 0 Å². The number of urea groups is 1. The van der Waals surface area contributed by atoms with Gasteiger partial charge < -0.3 is 19.9 Å². The minimum Gasteiger partial charge on any atom is -0.381 e. The molecule has 2 aliphatic heterocycles. The van der Waals surface area contributed by atoms with Crippen molar-refractivity contribution in [2.45, 2.75) is 6.42 Å². The number of carbonyl (C=O) groups excluding carboxylic acids is 1. The summed E-state index contributed by atoms with van der Waals surface area (Å²) in [5.41, 5.74) is 0. The van der Waals surface area contributed by atoms with E-state index in [0.717, 1.165) is 38.7 Å². The zero-order valence-electron chi connectivity index (χ0n) is 12.1. The van der Waals surface area contributed by atoms with E-state index in [-0.39, 0.29) is 6.03 Å². The van der Waals surface area contributed by atoms with E-state index < -0.39 is 0 Å². The van der Waals surface area contributed by atoms with Gasteiger partial charge in [-0.3, -0.25) is 0 Å². The second-order valence-corrected chi connectivity index (χ2v) is 5.44. The van der Waals surface area contributed by atoms with Crippen molar-refractivity contribution in [3.8, 4) is 0 Å². The third-order valence-corrected chi connectivity index (χ3v) is 3.97. The molecule has 2 saturated heterocycles. The van der Waals surface area contributed by atoms with Crippen LogP contribution in [0.2, 0.25) is 0 Å². The lowest BCUT2D eigenvalue weighted by molar-refractivity contribution is 0.179. The first-order chi connectivity index (χ1) is 10.3. The lowest BCUT2D eigenvalue weighted by atomic mass is 10.1. The van der Waals surface area contributed by atoms with Gasteiger partial charge in [0, 0.05) is 57.6 Å². The quantitative estimate of drug-likeness (QED) is 0.870. The van der Waals surface area contributed by atoms with E-state index >= 15 is 0 Å². The Labute approximate surface area is 124 Å². The maximum absolute atomic E-state index is 12.1. The highest BCUT2D eigenvalue weighted by Gasteiger charge is 2.23. The summed E-state index contributed by atoms with van der Waals surface area (Å²) in [4.78, 5) is 24.6. The zero-order valence-corrected chi connectivity index (χ0v) is 12.1. The molecule has 0 unspecified atom stereocenters. The predicted octanol–water partition coefficient (Wildman–Crippen LogP) is 0.345. The van der Waals surface area contributed by atoms with Crippen molar-refractivity contribution in [1.29, 1.82) is 0 Å². The van der Waals surface area contributed by atoms with Crippen LogP contribution in [-0.4, -0.2) is 66.8 Å². The van der Waals surface area contributed by atoms with Crippen molar-refractivity contribution in [3.63, 3.8) is 0 Å². The van der Waals surface area contributed by atoms with Crippen LogP contribution in [0.25, 0.3) is 0 Å². The highest BCUT2D eigenvalue weighted by molar-refractivity contribution is 5.74. The van der Waals surface area contributed by atoms with E-state index in [1.807, 2.05) is 4.90 Å². The molecule has 7 nitrogen and oxygen atoms in total. The summed E-state index contributed by atoms with van der Waals surface area (Å²) in [6, 6.07) is 1.83. The second-order valence-electron chi connectivity index (χ2n) is 5.44. The van der Waals surface area contributed by atoms with Crippen molar-refractivity contribution in [2.75, 3.05) is 50.8 Å². The lowest BCUT2D eigenvalue weighted by Crippen LogP contribution is -2.52. The number of nitrogens with zero attached hydrogens (tertiary/aromatic N) is 4. The van der Waals surface area contributed by atoms with Crippen molar-refractivity contribution in [2.24, 2.45) is 5.92 Å². The van der Waals surface area contributed by atoms with Gasteiger partial charge in [0.2, 0.25) is 5.95 Å². The first-order valence-electron chi connectivity index (χ1n) is 7.45. The van der Waals surface area contributed by atoms with Gasteiger partial charge in [-0.05, 0) is 12.5 Å². The van der Waals surface area contributed by atoms with Gasteiger partial charge in [0.05, 0.1) is 6.61 Å². The smallest absolute Gasteiger partial charge is 0.317 e. The summed E-state index contributed by atoms with van der Waals surface area (Å²) in [6.07, 6.45) is 4.52. The fourth-order valence-electron chi connectivity index (χ4n) is 2.65. The molecule has 0 bridgehead atoms.